The molecule has 7 rings (SSSR count). The van der Waals surface area contributed by atoms with Crippen LogP contribution in [0, 0.1) is 24.2 Å². The summed E-state index contributed by atoms with van der Waals surface area (Å²) in [5.41, 5.74) is 1.95. The van der Waals surface area contributed by atoms with Crippen molar-refractivity contribution >= 4 is 63.7 Å². The number of nitrogens with one attached hydrogen (secondary N) is 1. The Morgan fingerprint density at radius 1 is 1.08 bits per heavy atom. The van der Waals surface area contributed by atoms with Gasteiger partial charge in [0.05, 0.1) is 54.6 Å². The van der Waals surface area contributed by atoms with Crippen molar-refractivity contribution in [3.8, 4) is 22.9 Å². The maximum Gasteiger partial charge on any atom is 0.306 e. The number of aromatic nitrogens is 3. The first-order valence-corrected chi connectivity index (χ1v) is 24.8. The number of pyridine rings is 1. The van der Waals surface area contributed by atoms with Crippen molar-refractivity contribution in [1.82, 2.24) is 19.9 Å². The van der Waals surface area contributed by atoms with Crippen molar-refractivity contribution in [2.45, 2.75) is 129 Å². The lowest BCUT2D eigenvalue weighted by Gasteiger charge is -2.35. The molecule has 3 aliphatic rings. The Balaban J connectivity index is 1.22. The number of hydrogen-bond donors (Lipinski definition) is 2. The summed E-state index contributed by atoms with van der Waals surface area (Å²) in [5, 5.41) is 7.89. The molecule has 1 aliphatic heterocycles. The molecule has 2 N–H and O–H groups in total. The van der Waals surface area contributed by atoms with Gasteiger partial charge in [-0.05, 0) is 76.3 Å². The first kappa shape index (κ1) is 44.9. The predicted molar refractivity (Wildman–Crippen MR) is 240 cm³/mol. The number of nitrogens with zero attached hydrogens (tertiary/aromatic N) is 4. The van der Waals surface area contributed by atoms with Gasteiger partial charge in [-0.2, -0.15) is 0 Å². The van der Waals surface area contributed by atoms with Crippen LogP contribution in [0.4, 0.5) is 5.13 Å². The molecule has 13 nitrogen and oxygen atoms in total. The third-order valence-electron chi connectivity index (χ3n) is 12.3. The van der Waals surface area contributed by atoms with E-state index < -0.39 is 42.0 Å². The zero-order valence-electron chi connectivity index (χ0n) is 36.1. The fourth-order valence-electron chi connectivity index (χ4n) is 8.81. The lowest BCUT2D eigenvalue weighted by atomic mass is 9.77. The van der Waals surface area contributed by atoms with Gasteiger partial charge in [-0.25, -0.2) is 15.0 Å². The number of aryl methyl sites for hydroxylation is 1. The van der Waals surface area contributed by atoms with Crippen LogP contribution < -0.4 is 14.8 Å². The number of esters is 1. The Kier molecular flexibility index (Phi) is 13.2. The van der Waals surface area contributed by atoms with Gasteiger partial charge in [-0.15, -0.1) is 29.3 Å². The number of benzene rings is 1. The van der Waals surface area contributed by atoms with Crippen LogP contribution in [0.5, 0.6) is 11.5 Å². The van der Waals surface area contributed by atoms with Crippen molar-refractivity contribution in [3.05, 3.63) is 58.4 Å². The molecule has 3 aromatic heterocycles. The summed E-state index contributed by atoms with van der Waals surface area (Å²) in [6.45, 7) is 15.6. The number of allylic oxidation sites excluding steroid dienone is 1. The lowest BCUT2D eigenvalue weighted by molar-refractivity contribution is -0.156. The van der Waals surface area contributed by atoms with Crippen LogP contribution >= 0.6 is 30.0 Å². The molecule has 1 saturated heterocycles. The number of amides is 1. The molecule has 3 fully saturated rings. The summed E-state index contributed by atoms with van der Waals surface area (Å²) in [4.78, 5) is 70.7. The summed E-state index contributed by atoms with van der Waals surface area (Å²) in [6, 6.07) is 6.56. The first-order valence-electron chi connectivity index (χ1n) is 21.2. The fraction of sp³-hybridized carbons (Fsp3) is 0.556. The van der Waals surface area contributed by atoms with Crippen molar-refractivity contribution in [3.63, 3.8) is 0 Å². The van der Waals surface area contributed by atoms with E-state index >= 15 is 0 Å². The molecule has 0 radical (unpaired) electrons. The van der Waals surface area contributed by atoms with E-state index in [0.717, 1.165) is 36.5 Å². The predicted octanol–water partition coefficient (Wildman–Crippen LogP) is 9.21. The third-order valence-corrected chi connectivity index (χ3v) is 17.0. The second-order valence-corrected chi connectivity index (χ2v) is 22.7. The number of anilines is 1. The summed E-state index contributed by atoms with van der Waals surface area (Å²) in [5.74, 6) is -1.15. The highest BCUT2D eigenvalue weighted by molar-refractivity contribution is 7.59. The van der Waals surface area contributed by atoms with E-state index in [1.54, 1.807) is 18.1 Å². The average molecular weight is 892 g/mol. The quantitative estimate of drug-likeness (QED) is 0.0586. The number of rotatable bonds is 17. The van der Waals surface area contributed by atoms with E-state index in [9.17, 15) is 23.8 Å². The Labute approximate surface area is 366 Å². The van der Waals surface area contributed by atoms with Gasteiger partial charge >= 0.3 is 5.97 Å². The van der Waals surface area contributed by atoms with E-state index in [4.69, 9.17) is 24.2 Å². The summed E-state index contributed by atoms with van der Waals surface area (Å²) >= 11 is 2.80. The molecule has 4 heterocycles. The maximum absolute atomic E-state index is 15.0. The summed E-state index contributed by atoms with van der Waals surface area (Å²) in [7, 11) is -2.41. The average Bonchev–Trinajstić information content (AvgIpc) is 3.76. The maximum atomic E-state index is 15.0. The molecule has 0 spiro atoms. The van der Waals surface area contributed by atoms with Crippen molar-refractivity contribution in [2.75, 3.05) is 19.0 Å². The molecule has 2 unspecified atom stereocenters. The molecule has 16 heteroatoms. The number of thiazole rings is 2. The van der Waals surface area contributed by atoms with Gasteiger partial charge in [-0.1, -0.05) is 26.8 Å². The monoisotopic (exact) mass is 891 g/mol. The number of carbonyl (C=O) groups excluding carboxylic acids is 3. The van der Waals surface area contributed by atoms with Crippen LogP contribution in [0.3, 0.4) is 0 Å². The first-order chi connectivity index (χ1) is 28.9. The van der Waals surface area contributed by atoms with Gasteiger partial charge in [0.1, 0.15) is 34.4 Å². The van der Waals surface area contributed by atoms with Crippen LogP contribution in [0.25, 0.3) is 22.3 Å². The molecule has 61 heavy (non-hydrogen) atoms. The second-order valence-electron chi connectivity index (χ2n) is 18.3. The number of carbonyl (C=O) groups is 3. The molecule has 328 valence electrons. The van der Waals surface area contributed by atoms with Crippen LogP contribution in [0.2, 0.25) is 0 Å². The minimum absolute atomic E-state index is 0.0566. The van der Waals surface area contributed by atoms with Crippen molar-refractivity contribution in [1.29, 1.82) is 0 Å². The van der Waals surface area contributed by atoms with Gasteiger partial charge in [0.15, 0.2) is 10.9 Å². The van der Waals surface area contributed by atoms with Crippen LogP contribution in [-0.2, 0) is 29.8 Å². The minimum atomic E-state index is -3.99. The molecular weight excluding hydrogens is 834 g/mol. The number of methoxy groups -OCH3 is 1. The largest absolute Gasteiger partial charge is 0.497 e. The van der Waals surface area contributed by atoms with Crippen LogP contribution in [0.15, 0.2) is 47.7 Å². The van der Waals surface area contributed by atoms with Crippen LogP contribution in [0.1, 0.15) is 96.7 Å². The number of likely N-dealkylation sites (tertiary alicyclic amines) is 1. The SMILES string of the molecule is C=C[C@@H]1C[C@]1(CC(=O)[C@@H]1C[C@@H](Oc2cc(-c3csc(NC(C)C)n3)nc3cc(OC)ccc23)CN1C(=O)C(CC(=O)OC1CCCC1)C(C)(C)C)P(=O)(O)Cc1nc(C)cs1. The molecule has 2 saturated carbocycles. The number of fused-ring (bicyclic) bond motifs is 1. The molecule has 1 aromatic carbocycles. The summed E-state index contributed by atoms with van der Waals surface area (Å²) in [6.07, 6.45) is 4.44. The number of Topliss-reactive ketones (excluding diaryl/α,β-unsaturated/α-hetero) is 1. The topological polar surface area (TPSA) is 170 Å². The highest BCUT2D eigenvalue weighted by Gasteiger charge is 2.65. The number of hydrogen-bond acceptors (Lipinski definition) is 13. The number of ketones is 1. The number of ether oxygens (including phenoxy) is 3. The van der Waals surface area contributed by atoms with Crippen molar-refractivity contribution in [2.24, 2.45) is 17.3 Å². The van der Waals surface area contributed by atoms with Gasteiger partial charge in [0.2, 0.25) is 13.3 Å². The molecule has 4 aromatic rings. The van der Waals surface area contributed by atoms with Gasteiger partial charge in [-0.3, -0.25) is 18.9 Å². The van der Waals surface area contributed by atoms with Crippen molar-refractivity contribution < 1.29 is 38.1 Å². The Morgan fingerprint density at radius 2 is 1.84 bits per heavy atom. The van der Waals surface area contributed by atoms with E-state index in [0.29, 0.717) is 45.2 Å². The second kappa shape index (κ2) is 17.9. The Bertz CT molecular complexity index is 2330. The molecule has 0 bridgehead atoms. The normalized spacial score (nSPS) is 23.2. The van der Waals surface area contributed by atoms with Crippen LogP contribution in [-0.4, -0.2) is 85.5 Å². The van der Waals surface area contributed by atoms with Gasteiger partial charge in [0, 0.05) is 52.9 Å². The fourth-order valence-corrected chi connectivity index (χ4v) is 13.3. The molecule has 2 aliphatic carbocycles. The third kappa shape index (κ3) is 9.90. The Hall–Kier alpha value is -4.17. The van der Waals surface area contributed by atoms with Gasteiger partial charge < -0.3 is 29.3 Å². The highest BCUT2D eigenvalue weighted by atomic mass is 32.1. The minimum Gasteiger partial charge on any atom is -0.497 e. The Morgan fingerprint density at radius 3 is 2.48 bits per heavy atom. The molecule has 1 amide bonds. The highest BCUT2D eigenvalue weighted by Crippen LogP contribution is 2.74. The van der Waals surface area contributed by atoms with E-state index in [1.807, 2.05) is 76.6 Å². The zero-order valence-corrected chi connectivity index (χ0v) is 38.7. The smallest absolute Gasteiger partial charge is 0.306 e. The standard InChI is InChI=1S/C45H58N5O8PS2/c1-9-28-20-45(28,59(54,55)23-40-47-27(4)24-60-40)21-38(51)37-17-31(22-50(37)42(53)33(44(5,6)7)18-41(52)58-29-12-10-11-13-29)57-39-19-35(36-25-61-43(49-36)46-26(2)3)48-34-16-30(56-8)14-15-32(34)39/h9,14-16,19,24-26,28-29,31,33,37H,1,10-13,17-18,20-23H2,2-8H3,(H,46,49)(H,54,55)/t28-,31-,33?,37+,45-/m1/s1. The zero-order chi connectivity index (χ0) is 43.9. The lowest BCUT2D eigenvalue weighted by Crippen LogP contribution is -2.48. The van der Waals surface area contributed by atoms with E-state index in [-0.39, 0.29) is 61.7 Å². The van der Waals surface area contributed by atoms with E-state index in [1.165, 1.54) is 22.7 Å². The van der Waals surface area contributed by atoms with Gasteiger partial charge in [0.25, 0.3) is 0 Å². The summed E-state index contributed by atoms with van der Waals surface area (Å²) < 4.78 is 32.6. The molecule has 6 atom stereocenters. The molecular formula is C45H58N5O8PS2. The van der Waals surface area contributed by atoms with E-state index in [2.05, 4.69) is 16.9 Å².